The van der Waals surface area contributed by atoms with Crippen molar-refractivity contribution in [3.8, 4) is 0 Å². The van der Waals surface area contributed by atoms with Gasteiger partial charge in [0, 0.05) is 16.1 Å². The molecule has 0 aliphatic heterocycles. The molecule has 1 heterocycles. The molecule has 1 aromatic heterocycles. The Morgan fingerprint density at radius 2 is 2.15 bits per heavy atom. The molecule has 0 saturated carbocycles. The lowest BCUT2D eigenvalue weighted by Gasteiger charge is -1.99. The first-order valence-corrected chi connectivity index (χ1v) is 4.74. The number of aromatic nitrogens is 1. The third-order valence-electron chi connectivity index (χ3n) is 1.89. The largest absolute Gasteiger partial charge is 0.392 e. The Morgan fingerprint density at radius 3 is 2.92 bits per heavy atom. The van der Waals surface area contributed by atoms with E-state index in [0.717, 1.165) is 20.9 Å². The topological polar surface area (TPSA) is 33.1 Å². The predicted molar refractivity (Wildman–Crippen MR) is 55.4 cm³/mol. The summed E-state index contributed by atoms with van der Waals surface area (Å²) < 4.78 is 1.02. The SMILES string of the molecule is OCc1cnc2cc(Br)ccc2c1. The average molecular weight is 238 g/mol. The summed E-state index contributed by atoms with van der Waals surface area (Å²) in [7, 11) is 0. The third kappa shape index (κ3) is 1.71. The van der Waals surface area contributed by atoms with Gasteiger partial charge in [-0.15, -0.1) is 0 Å². The normalized spacial score (nSPS) is 10.6. The number of benzene rings is 1. The van der Waals surface area contributed by atoms with Crippen molar-refractivity contribution in [2.24, 2.45) is 0 Å². The molecule has 0 amide bonds. The zero-order chi connectivity index (χ0) is 9.26. The van der Waals surface area contributed by atoms with Crippen LogP contribution in [0.25, 0.3) is 10.9 Å². The van der Waals surface area contributed by atoms with Gasteiger partial charge in [-0.1, -0.05) is 22.0 Å². The van der Waals surface area contributed by atoms with Gasteiger partial charge < -0.3 is 5.11 Å². The quantitative estimate of drug-likeness (QED) is 0.827. The molecule has 0 aliphatic carbocycles. The fourth-order valence-corrected chi connectivity index (χ4v) is 1.58. The minimum absolute atomic E-state index is 0.0407. The van der Waals surface area contributed by atoms with Crippen molar-refractivity contribution < 1.29 is 5.11 Å². The van der Waals surface area contributed by atoms with Gasteiger partial charge in [-0.3, -0.25) is 4.98 Å². The van der Waals surface area contributed by atoms with Gasteiger partial charge in [0.25, 0.3) is 0 Å². The fraction of sp³-hybridized carbons (Fsp3) is 0.100. The molecule has 0 atom stereocenters. The summed E-state index contributed by atoms with van der Waals surface area (Å²) in [5.74, 6) is 0. The lowest BCUT2D eigenvalue weighted by atomic mass is 10.2. The first-order valence-electron chi connectivity index (χ1n) is 3.94. The van der Waals surface area contributed by atoms with E-state index in [9.17, 15) is 0 Å². The van der Waals surface area contributed by atoms with E-state index in [2.05, 4.69) is 20.9 Å². The number of pyridine rings is 1. The fourth-order valence-electron chi connectivity index (χ4n) is 1.23. The summed E-state index contributed by atoms with van der Waals surface area (Å²) in [5.41, 5.74) is 1.78. The second-order valence-electron chi connectivity index (χ2n) is 2.84. The number of halogens is 1. The first kappa shape index (κ1) is 8.66. The number of fused-ring (bicyclic) bond motifs is 1. The van der Waals surface area contributed by atoms with E-state index >= 15 is 0 Å². The summed E-state index contributed by atoms with van der Waals surface area (Å²) in [6, 6.07) is 7.84. The molecule has 2 rings (SSSR count). The van der Waals surface area contributed by atoms with Gasteiger partial charge in [0.15, 0.2) is 0 Å². The maximum absolute atomic E-state index is 8.90. The smallest absolute Gasteiger partial charge is 0.0713 e. The molecule has 2 aromatic rings. The van der Waals surface area contributed by atoms with Crippen LogP contribution in [0, 0.1) is 0 Å². The number of nitrogens with zero attached hydrogens (tertiary/aromatic N) is 1. The lowest BCUT2D eigenvalue weighted by Crippen LogP contribution is -1.86. The second kappa shape index (κ2) is 3.44. The van der Waals surface area contributed by atoms with Crippen LogP contribution in [-0.2, 0) is 6.61 Å². The van der Waals surface area contributed by atoms with E-state index < -0.39 is 0 Å². The molecule has 0 fully saturated rings. The van der Waals surface area contributed by atoms with E-state index in [1.165, 1.54) is 0 Å². The van der Waals surface area contributed by atoms with Gasteiger partial charge in [0.2, 0.25) is 0 Å². The lowest BCUT2D eigenvalue weighted by molar-refractivity contribution is 0.281. The Kier molecular flexibility index (Phi) is 2.29. The van der Waals surface area contributed by atoms with Crippen molar-refractivity contribution in [1.82, 2.24) is 4.98 Å². The molecule has 1 aromatic carbocycles. The number of aliphatic hydroxyl groups excluding tert-OH is 1. The summed E-state index contributed by atoms with van der Waals surface area (Å²) in [6.45, 7) is 0.0407. The zero-order valence-electron chi connectivity index (χ0n) is 6.87. The van der Waals surface area contributed by atoms with E-state index in [-0.39, 0.29) is 6.61 Å². The van der Waals surface area contributed by atoms with Gasteiger partial charge in [0.1, 0.15) is 0 Å². The molecule has 66 valence electrons. The van der Waals surface area contributed by atoms with Gasteiger partial charge >= 0.3 is 0 Å². The van der Waals surface area contributed by atoms with Crippen LogP contribution in [0.1, 0.15) is 5.56 Å². The highest BCUT2D eigenvalue weighted by molar-refractivity contribution is 9.10. The van der Waals surface area contributed by atoms with Gasteiger partial charge in [-0.05, 0) is 23.8 Å². The highest BCUT2D eigenvalue weighted by Gasteiger charge is 1.97. The highest BCUT2D eigenvalue weighted by Crippen LogP contribution is 2.18. The van der Waals surface area contributed by atoms with E-state index in [0.29, 0.717) is 0 Å². The van der Waals surface area contributed by atoms with E-state index in [1.54, 1.807) is 6.20 Å². The zero-order valence-corrected chi connectivity index (χ0v) is 8.45. The molecular weight excluding hydrogens is 230 g/mol. The van der Waals surface area contributed by atoms with Crippen LogP contribution in [0.5, 0.6) is 0 Å². The Balaban J connectivity index is 2.66. The van der Waals surface area contributed by atoms with Gasteiger partial charge in [0.05, 0.1) is 12.1 Å². The maximum Gasteiger partial charge on any atom is 0.0713 e. The minimum atomic E-state index is 0.0407. The maximum atomic E-state index is 8.90. The van der Waals surface area contributed by atoms with Crippen LogP contribution in [0.15, 0.2) is 34.9 Å². The molecule has 0 unspecified atom stereocenters. The van der Waals surface area contributed by atoms with E-state index in [1.807, 2.05) is 24.3 Å². The Labute approximate surface area is 84.4 Å². The molecule has 0 radical (unpaired) electrons. The van der Waals surface area contributed by atoms with Crippen LogP contribution in [-0.4, -0.2) is 10.1 Å². The van der Waals surface area contributed by atoms with Crippen LogP contribution in [0.4, 0.5) is 0 Å². The van der Waals surface area contributed by atoms with Crippen molar-refractivity contribution in [3.05, 3.63) is 40.5 Å². The molecule has 0 saturated heterocycles. The van der Waals surface area contributed by atoms with Crippen molar-refractivity contribution in [2.75, 3.05) is 0 Å². The van der Waals surface area contributed by atoms with Crippen LogP contribution in [0.3, 0.4) is 0 Å². The molecule has 13 heavy (non-hydrogen) atoms. The monoisotopic (exact) mass is 237 g/mol. The van der Waals surface area contributed by atoms with E-state index in [4.69, 9.17) is 5.11 Å². The Hall–Kier alpha value is -0.930. The summed E-state index contributed by atoms with van der Waals surface area (Å²) in [5, 5.41) is 9.95. The Bertz CT molecular complexity index is 442. The third-order valence-corrected chi connectivity index (χ3v) is 2.38. The first-order chi connectivity index (χ1) is 6.29. The van der Waals surface area contributed by atoms with Gasteiger partial charge in [-0.2, -0.15) is 0 Å². The van der Waals surface area contributed by atoms with Crippen LogP contribution in [0.2, 0.25) is 0 Å². The van der Waals surface area contributed by atoms with Gasteiger partial charge in [-0.25, -0.2) is 0 Å². The summed E-state index contributed by atoms with van der Waals surface area (Å²) in [6.07, 6.45) is 1.69. The van der Waals surface area contributed by atoms with Crippen molar-refractivity contribution in [2.45, 2.75) is 6.61 Å². The van der Waals surface area contributed by atoms with Crippen molar-refractivity contribution in [3.63, 3.8) is 0 Å². The molecular formula is C10H8BrNO. The highest BCUT2D eigenvalue weighted by atomic mass is 79.9. The van der Waals surface area contributed by atoms with Crippen molar-refractivity contribution >= 4 is 26.8 Å². The molecule has 1 N–H and O–H groups in total. The molecule has 0 bridgehead atoms. The second-order valence-corrected chi connectivity index (χ2v) is 3.75. The number of hydrogen-bond donors (Lipinski definition) is 1. The number of hydrogen-bond acceptors (Lipinski definition) is 2. The minimum Gasteiger partial charge on any atom is -0.392 e. The van der Waals surface area contributed by atoms with Crippen LogP contribution >= 0.6 is 15.9 Å². The molecule has 2 nitrogen and oxygen atoms in total. The summed E-state index contributed by atoms with van der Waals surface area (Å²) >= 11 is 3.38. The molecule has 0 aliphatic rings. The molecule has 0 spiro atoms. The van der Waals surface area contributed by atoms with Crippen LogP contribution < -0.4 is 0 Å². The summed E-state index contributed by atoms with van der Waals surface area (Å²) in [4.78, 5) is 4.22. The molecule has 3 heteroatoms. The predicted octanol–water partition coefficient (Wildman–Crippen LogP) is 2.49. The average Bonchev–Trinajstić information content (AvgIpc) is 2.17. The standard InChI is InChI=1S/C10H8BrNO/c11-9-2-1-8-3-7(6-13)5-12-10(8)4-9/h1-5,13H,6H2. The van der Waals surface area contributed by atoms with Crippen molar-refractivity contribution in [1.29, 1.82) is 0 Å². The number of aliphatic hydroxyl groups is 1. The Morgan fingerprint density at radius 1 is 1.31 bits per heavy atom. The number of rotatable bonds is 1.